The van der Waals surface area contributed by atoms with Gasteiger partial charge in [-0.25, -0.2) is 0 Å². The fourth-order valence-electron chi connectivity index (χ4n) is 4.78. The molecule has 0 N–H and O–H groups in total. The Bertz CT molecular complexity index is 825. The molecule has 2 aromatic carbocycles. The second-order valence-electron chi connectivity index (χ2n) is 7.11. The van der Waals surface area contributed by atoms with Gasteiger partial charge in [0, 0.05) is 6.07 Å². The standard InChI is InChI=1S/C22H24O4/c1-24-14-9-7-13(8-10-14)20-17-6-4-5-16(17)18-11-15(25-2)12-19(26-3)21(18)22(20)23/h7-12,16-17,20H,4-6H2,1-3H3/t16-,17+,20?/m1/s1. The van der Waals surface area contributed by atoms with Gasteiger partial charge in [-0.05, 0) is 54.0 Å². The quantitative estimate of drug-likeness (QED) is 0.808. The maximum atomic E-state index is 13.5. The zero-order chi connectivity index (χ0) is 18.3. The van der Waals surface area contributed by atoms with Gasteiger partial charge in [0.25, 0.3) is 0 Å². The van der Waals surface area contributed by atoms with Crippen molar-refractivity contribution >= 4 is 5.78 Å². The van der Waals surface area contributed by atoms with E-state index in [4.69, 9.17) is 14.2 Å². The van der Waals surface area contributed by atoms with Crippen molar-refractivity contribution in [2.75, 3.05) is 21.3 Å². The van der Waals surface area contributed by atoms with Crippen molar-refractivity contribution in [1.82, 2.24) is 0 Å². The van der Waals surface area contributed by atoms with Crippen molar-refractivity contribution in [3.63, 3.8) is 0 Å². The molecule has 0 saturated heterocycles. The van der Waals surface area contributed by atoms with E-state index in [1.54, 1.807) is 21.3 Å². The Morgan fingerprint density at radius 3 is 2.27 bits per heavy atom. The Morgan fingerprint density at radius 1 is 0.885 bits per heavy atom. The van der Waals surface area contributed by atoms with Crippen LogP contribution in [0.3, 0.4) is 0 Å². The van der Waals surface area contributed by atoms with Crippen molar-refractivity contribution in [2.24, 2.45) is 5.92 Å². The fourth-order valence-corrected chi connectivity index (χ4v) is 4.78. The number of carbonyl (C=O) groups excluding carboxylic acids is 1. The van der Waals surface area contributed by atoms with Crippen LogP contribution in [0.25, 0.3) is 0 Å². The van der Waals surface area contributed by atoms with Crippen LogP contribution in [0.5, 0.6) is 17.2 Å². The summed E-state index contributed by atoms with van der Waals surface area (Å²) < 4.78 is 16.3. The molecule has 0 aliphatic heterocycles. The molecule has 1 unspecified atom stereocenters. The number of fused-ring (bicyclic) bond motifs is 3. The average Bonchev–Trinajstić information content (AvgIpc) is 3.17. The van der Waals surface area contributed by atoms with Gasteiger partial charge >= 0.3 is 0 Å². The Hall–Kier alpha value is -2.49. The summed E-state index contributed by atoms with van der Waals surface area (Å²) in [5.41, 5.74) is 2.90. The molecule has 1 saturated carbocycles. The Kier molecular flexibility index (Phi) is 4.35. The monoisotopic (exact) mass is 352 g/mol. The second-order valence-corrected chi connectivity index (χ2v) is 7.11. The number of carbonyl (C=O) groups is 1. The van der Waals surface area contributed by atoms with E-state index in [1.807, 2.05) is 36.4 Å². The van der Waals surface area contributed by atoms with Gasteiger partial charge in [0.2, 0.25) is 0 Å². The molecule has 3 atom stereocenters. The summed E-state index contributed by atoms with van der Waals surface area (Å²) >= 11 is 0. The third kappa shape index (κ3) is 2.56. The molecule has 1 fully saturated rings. The van der Waals surface area contributed by atoms with E-state index < -0.39 is 0 Å². The van der Waals surface area contributed by atoms with E-state index in [9.17, 15) is 4.79 Å². The molecule has 0 amide bonds. The lowest BCUT2D eigenvalue weighted by Gasteiger charge is -2.35. The van der Waals surface area contributed by atoms with E-state index in [0.29, 0.717) is 17.6 Å². The van der Waals surface area contributed by atoms with Crippen molar-refractivity contribution < 1.29 is 19.0 Å². The zero-order valence-corrected chi connectivity index (χ0v) is 15.5. The number of ether oxygens (including phenoxy) is 3. The van der Waals surface area contributed by atoms with Gasteiger partial charge in [-0.15, -0.1) is 0 Å². The van der Waals surface area contributed by atoms with Crippen molar-refractivity contribution in [3.05, 3.63) is 53.1 Å². The van der Waals surface area contributed by atoms with Gasteiger partial charge in [-0.3, -0.25) is 4.79 Å². The first-order valence-electron chi connectivity index (χ1n) is 9.12. The highest BCUT2D eigenvalue weighted by Crippen LogP contribution is 2.55. The molecule has 0 heterocycles. The van der Waals surface area contributed by atoms with Crippen LogP contribution in [0.4, 0.5) is 0 Å². The third-order valence-electron chi connectivity index (χ3n) is 5.96. The normalized spacial score (nSPS) is 24.0. The predicted molar refractivity (Wildman–Crippen MR) is 99.7 cm³/mol. The average molecular weight is 352 g/mol. The number of hydrogen-bond donors (Lipinski definition) is 0. The third-order valence-corrected chi connectivity index (χ3v) is 5.96. The van der Waals surface area contributed by atoms with E-state index in [1.165, 1.54) is 0 Å². The Labute approximate surface area is 154 Å². The molecule has 0 spiro atoms. The number of methoxy groups -OCH3 is 3. The maximum Gasteiger partial charge on any atom is 0.174 e. The smallest absolute Gasteiger partial charge is 0.174 e. The second kappa shape index (κ2) is 6.67. The van der Waals surface area contributed by atoms with Crippen molar-refractivity contribution in [2.45, 2.75) is 31.1 Å². The van der Waals surface area contributed by atoms with Crippen LogP contribution in [0, 0.1) is 5.92 Å². The highest BCUT2D eigenvalue weighted by Gasteiger charge is 2.46. The molecule has 2 aliphatic carbocycles. The maximum absolute atomic E-state index is 13.5. The van der Waals surface area contributed by atoms with E-state index in [-0.39, 0.29) is 11.7 Å². The minimum absolute atomic E-state index is 0.122. The molecule has 2 aliphatic rings. The minimum Gasteiger partial charge on any atom is -0.497 e. The summed E-state index contributed by atoms with van der Waals surface area (Å²) in [6.45, 7) is 0. The first-order valence-corrected chi connectivity index (χ1v) is 9.12. The fraction of sp³-hybridized carbons (Fsp3) is 0.409. The lowest BCUT2D eigenvalue weighted by molar-refractivity contribution is 0.0903. The molecular weight excluding hydrogens is 328 g/mol. The SMILES string of the molecule is COc1ccc(C2C(=O)c3c(OC)cc(OC)cc3[C@@H]3CCC[C@H]23)cc1. The van der Waals surface area contributed by atoms with Crippen molar-refractivity contribution in [3.8, 4) is 17.2 Å². The number of Topliss-reactive ketones (excluding diaryl/α,β-unsaturated/α-hetero) is 1. The first-order chi connectivity index (χ1) is 12.7. The summed E-state index contributed by atoms with van der Waals surface area (Å²) in [5.74, 6) is 2.92. The van der Waals surface area contributed by atoms with Crippen LogP contribution in [-0.4, -0.2) is 27.1 Å². The van der Waals surface area contributed by atoms with Crippen molar-refractivity contribution in [1.29, 1.82) is 0 Å². The lowest BCUT2D eigenvalue weighted by Crippen LogP contribution is -2.31. The van der Waals surface area contributed by atoms with Crippen LogP contribution >= 0.6 is 0 Å². The highest BCUT2D eigenvalue weighted by molar-refractivity contribution is 6.06. The molecule has 2 aromatic rings. The number of hydrogen-bond acceptors (Lipinski definition) is 4. The first kappa shape index (κ1) is 17.0. The van der Waals surface area contributed by atoms with Crippen LogP contribution in [0.2, 0.25) is 0 Å². The molecule has 0 bridgehead atoms. The van der Waals surface area contributed by atoms with Crippen LogP contribution < -0.4 is 14.2 Å². The summed E-state index contributed by atoms with van der Waals surface area (Å²) in [4.78, 5) is 13.5. The summed E-state index contributed by atoms with van der Waals surface area (Å²) in [6, 6.07) is 11.8. The molecule has 26 heavy (non-hydrogen) atoms. The number of ketones is 1. The molecule has 4 nitrogen and oxygen atoms in total. The van der Waals surface area contributed by atoms with Crippen LogP contribution in [0.15, 0.2) is 36.4 Å². The number of rotatable bonds is 4. The van der Waals surface area contributed by atoms with E-state index >= 15 is 0 Å². The summed E-state index contributed by atoms with van der Waals surface area (Å²) in [7, 11) is 4.92. The predicted octanol–water partition coefficient (Wildman–Crippen LogP) is 4.58. The topological polar surface area (TPSA) is 44.8 Å². The lowest BCUT2D eigenvalue weighted by atomic mass is 9.67. The highest BCUT2D eigenvalue weighted by atomic mass is 16.5. The molecular formula is C22H24O4. The van der Waals surface area contributed by atoms with Gasteiger partial charge in [-0.2, -0.15) is 0 Å². The molecule has 0 aromatic heterocycles. The van der Waals surface area contributed by atoms with E-state index in [0.717, 1.165) is 47.5 Å². The van der Waals surface area contributed by atoms with Gasteiger partial charge < -0.3 is 14.2 Å². The van der Waals surface area contributed by atoms with Gasteiger partial charge in [-0.1, -0.05) is 18.6 Å². The van der Waals surface area contributed by atoms with E-state index in [2.05, 4.69) is 0 Å². The zero-order valence-electron chi connectivity index (χ0n) is 15.5. The molecule has 4 rings (SSSR count). The molecule has 136 valence electrons. The van der Waals surface area contributed by atoms with Gasteiger partial charge in [0.15, 0.2) is 5.78 Å². The minimum atomic E-state index is -0.122. The Balaban J connectivity index is 1.85. The largest absolute Gasteiger partial charge is 0.497 e. The van der Waals surface area contributed by atoms with Crippen LogP contribution in [0.1, 0.15) is 52.6 Å². The molecule has 0 radical (unpaired) electrons. The van der Waals surface area contributed by atoms with Crippen LogP contribution in [-0.2, 0) is 0 Å². The summed E-state index contributed by atoms with van der Waals surface area (Å²) in [6.07, 6.45) is 3.33. The van der Waals surface area contributed by atoms with Gasteiger partial charge in [0.05, 0.1) is 32.8 Å². The molecule has 4 heteroatoms. The summed E-state index contributed by atoms with van der Waals surface area (Å²) in [5, 5.41) is 0. The Morgan fingerprint density at radius 2 is 1.62 bits per heavy atom. The van der Waals surface area contributed by atoms with Gasteiger partial charge in [0.1, 0.15) is 17.2 Å². The number of benzene rings is 2.